The van der Waals surface area contributed by atoms with Crippen LogP contribution in [0.2, 0.25) is 0 Å². The number of hydrogen-bond donors (Lipinski definition) is 7. The van der Waals surface area contributed by atoms with Gasteiger partial charge in [-0.2, -0.15) is 9.97 Å². The van der Waals surface area contributed by atoms with Gasteiger partial charge in [0.15, 0.2) is 23.3 Å². The molecule has 4 aromatic carbocycles. The fourth-order valence-corrected chi connectivity index (χ4v) is 6.16. The average Bonchev–Trinajstić information content (AvgIpc) is 3.25. The molecule has 16 nitrogen and oxygen atoms in total. The lowest BCUT2D eigenvalue weighted by molar-refractivity contribution is 0.0935. The van der Waals surface area contributed by atoms with Gasteiger partial charge in [0.2, 0.25) is 11.9 Å². The smallest absolute Gasteiger partial charge is 0.253 e. The molecule has 19 heteroatoms. The van der Waals surface area contributed by atoms with Crippen LogP contribution in [0.25, 0.3) is 0 Å². The lowest BCUT2D eigenvalue weighted by atomic mass is 10.1. The van der Waals surface area contributed by atoms with Crippen molar-refractivity contribution in [1.82, 2.24) is 35.9 Å². The predicted octanol–water partition coefficient (Wildman–Crippen LogP) is 7.43. The number of nitrogens with one attached hydrogen (secondary N) is 7. The highest BCUT2D eigenvalue weighted by atomic mass is 32.2. The second kappa shape index (κ2) is 22.6. The van der Waals surface area contributed by atoms with Crippen LogP contribution >= 0.6 is 0 Å². The summed E-state index contributed by atoms with van der Waals surface area (Å²) in [7, 11) is -3.00. The third kappa shape index (κ3) is 14.9. The third-order valence-corrected chi connectivity index (χ3v) is 9.61. The van der Waals surface area contributed by atoms with E-state index in [2.05, 4.69) is 57.2 Å². The number of carbonyl (C=O) groups is 3. The number of nitrogens with zero attached hydrogens (tertiary/aromatic N) is 4. The molecule has 6 rings (SSSR count). The second-order valence-corrected chi connectivity index (χ2v) is 17.1. The van der Waals surface area contributed by atoms with Gasteiger partial charge in [0.05, 0.1) is 40.6 Å². The van der Waals surface area contributed by atoms with Crippen molar-refractivity contribution in [2.24, 2.45) is 0 Å². The number of benzene rings is 4. The summed E-state index contributed by atoms with van der Waals surface area (Å²) in [6, 6.07) is 27.5. The molecule has 0 radical (unpaired) electrons. The Balaban J connectivity index is 0.000000245. The summed E-state index contributed by atoms with van der Waals surface area (Å²) in [4.78, 5) is 51.9. The number of para-hydroxylation sites is 2. The monoisotopic (exact) mass is 893 g/mol. The number of aldehydes is 1. The van der Waals surface area contributed by atoms with Crippen LogP contribution in [0.15, 0.2) is 109 Å². The highest BCUT2D eigenvalue weighted by Gasteiger charge is 2.17. The van der Waals surface area contributed by atoms with Crippen molar-refractivity contribution in [3.63, 3.8) is 0 Å². The Hall–Kier alpha value is -7.38. The molecule has 0 aliphatic rings. The number of carbonyl (C=O) groups excluding carboxylic acids is 3. The summed E-state index contributed by atoms with van der Waals surface area (Å²) >= 11 is 0. The Bertz CT molecular complexity index is 2650. The standard InChI is InChI=1S/C24H29FN6O3S.C21H20FN5O2/c1-16(2)28-23(32)19-6-4-5-7-21(19)30-22-20(25)15-27-24(31-22)29-18-10-8-17(9-11-18)14-26-12-13-35(3,33)34;1-13(2)24-20(29)16-5-3-4-6-18(16)26-19-17(22)11-23-21(27-19)25-15-9-7-14(12-28)8-10-15/h4-11,15-16,26H,12-14H2,1-3H3,(H,28,32)(H2,27,29,30,31);3-13H,1-2H3,(H,24,29)(H2,23,25,26,27). The zero-order valence-corrected chi connectivity index (χ0v) is 36.6. The predicted molar refractivity (Wildman–Crippen MR) is 245 cm³/mol. The molecule has 0 fully saturated rings. The van der Waals surface area contributed by atoms with Crippen LogP contribution in [0.4, 0.5) is 55.1 Å². The van der Waals surface area contributed by atoms with Crippen LogP contribution < -0.4 is 37.2 Å². The van der Waals surface area contributed by atoms with E-state index in [1.54, 1.807) is 72.8 Å². The molecule has 0 saturated carbocycles. The lowest BCUT2D eigenvalue weighted by Crippen LogP contribution is -2.30. The SMILES string of the molecule is CC(C)NC(=O)c1ccccc1Nc1nc(Nc2ccc(C=O)cc2)ncc1F.CC(C)NC(=O)c1ccccc1Nc1nc(Nc2ccc(CNCCS(C)(=O)=O)cc2)ncc1F. The lowest BCUT2D eigenvalue weighted by Gasteiger charge is -2.14. The van der Waals surface area contributed by atoms with Gasteiger partial charge >= 0.3 is 0 Å². The number of aromatic nitrogens is 4. The molecule has 0 saturated heterocycles. The Morgan fingerprint density at radius 3 is 1.50 bits per heavy atom. The van der Waals surface area contributed by atoms with Gasteiger partial charge in [-0.25, -0.2) is 27.2 Å². The van der Waals surface area contributed by atoms with E-state index >= 15 is 0 Å². The molecular formula is C45H49F2N11O5S. The molecule has 334 valence electrons. The van der Waals surface area contributed by atoms with Crippen LogP contribution in [-0.4, -0.2) is 77.1 Å². The molecule has 2 heterocycles. The fourth-order valence-electron chi connectivity index (χ4n) is 5.64. The van der Waals surface area contributed by atoms with E-state index in [-0.39, 0.29) is 53.2 Å². The van der Waals surface area contributed by atoms with Crippen molar-refractivity contribution < 1.29 is 31.6 Å². The molecule has 0 unspecified atom stereocenters. The molecule has 0 spiro atoms. The van der Waals surface area contributed by atoms with Crippen LogP contribution in [0.3, 0.4) is 0 Å². The first kappa shape index (κ1) is 47.7. The van der Waals surface area contributed by atoms with Crippen LogP contribution in [0.1, 0.15) is 64.3 Å². The van der Waals surface area contributed by atoms with Gasteiger partial charge in [0, 0.05) is 48.4 Å². The Labute approximate surface area is 370 Å². The van der Waals surface area contributed by atoms with Crippen molar-refractivity contribution in [2.45, 2.75) is 46.3 Å². The maximum atomic E-state index is 14.5. The van der Waals surface area contributed by atoms with Crippen molar-refractivity contribution in [3.8, 4) is 0 Å². The first-order valence-electron chi connectivity index (χ1n) is 20.0. The number of amides is 2. The van der Waals surface area contributed by atoms with E-state index in [9.17, 15) is 31.6 Å². The highest BCUT2D eigenvalue weighted by Crippen LogP contribution is 2.25. The minimum Gasteiger partial charge on any atom is -0.350 e. The van der Waals surface area contributed by atoms with Gasteiger partial charge in [0.25, 0.3) is 11.8 Å². The number of halogens is 2. The molecule has 7 N–H and O–H groups in total. The van der Waals surface area contributed by atoms with E-state index in [0.717, 1.165) is 24.2 Å². The molecule has 0 aliphatic heterocycles. The summed E-state index contributed by atoms with van der Waals surface area (Å²) in [5.74, 6) is -1.59. The van der Waals surface area contributed by atoms with Crippen LogP contribution in [0, 0.1) is 11.6 Å². The quantitative estimate of drug-likeness (QED) is 0.0330. The van der Waals surface area contributed by atoms with E-state index in [0.29, 0.717) is 52.5 Å². The van der Waals surface area contributed by atoms with E-state index in [1.165, 1.54) is 6.26 Å². The Morgan fingerprint density at radius 2 is 1.08 bits per heavy atom. The topological polar surface area (TPSA) is 221 Å². The molecule has 6 aromatic rings. The normalized spacial score (nSPS) is 11.0. The van der Waals surface area contributed by atoms with Gasteiger partial charge in [0.1, 0.15) is 16.1 Å². The molecule has 64 heavy (non-hydrogen) atoms. The summed E-state index contributed by atoms with van der Waals surface area (Å²) in [5.41, 5.74) is 4.43. The summed E-state index contributed by atoms with van der Waals surface area (Å²) in [6.07, 6.45) is 4.03. The van der Waals surface area contributed by atoms with Crippen molar-refractivity contribution in [2.75, 3.05) is 39.8 Å². The van der Waals surface area contributed by atoms with Gasteiger partial charge in [-0.05, 0) is 93.9 Å². The van der Waals surface area contributed by atoms with E-state index in [4.69, 9.17) is 0 Å². The van der Waals surface area contributed by atoms with Gasteiger partial charge < -0.3 is 37.2 Å². The molecule has 2 aromatic heterocycles. The second-order valence-electron chi connectivity index (χ2n) is 14.9. The Morgan fingerprint density at radius 1 is 0.641 bits per heavy atom. The minimum atomic E-state index is -3.00. The van der Waals surface area contributed by atoms with Crippen LogP contribution in [0.5, 0.6) is 0 Å². The molecule has 2 amide bonds. The average molecular weight is 894 g/mol. The zero-order chi connectivity index (χ0) is 46.2. The third-order valence-electron chi connectivity index (χ3n) is 8.67. The molecular weight excluding hydrogens is 845 g/mol. The van der Waals surface area contributed by atoms with Crippen molar-refractivity contribution in [3.05, 3.63) is 143 Å². The highest BCUT2D eigenvalue weighted by molar-refractivity contribution is 7.90. The van der Waals surface area contributed by atoms with Crippen LogP contribution in [-0.2, 0) is 16.4 Å². The van der Waals surface area contributed by atoms with Gasteiger partial charge in [-0.15, -0.1) is 0 Å². The maximum Gasteiger partial charge on any atom is 0.253 e. The molecule has 0 aliphatic carbocycles. The minimum absolute atomic E-state index is 0.0345. The van der Waals surface area contributed by atoms with Gasteiger partial charge in [-0.3, -0.25) is 14.4 Å². The van der Waals surface area contributed by atoms with Crippen molar-refractivity contribution >= 4 is 74.2 Å². The summed E-state index contributed by atoms with van der Waals surface area (Å²) < 4.78 is 51.1. The number of rotatable bonds is 18. The van der Waals surface area contributed by atoms with E-state index in [1.807, 2.05) is 52.0 Å². The Kier molecular flexibility index (Phi) is 16.9. The molecule has 0 bridgehead atoms. The van der Waals surface area contributed by atoms with Gasteiger partial charge in [-0.1, -0.05) is 36.4 Å². The number of anilines is 8. The van der Waals surface area contributed by atoms with Crippen molar-refractivity contribution in [1.29, 1.82) is 0 Å². The zero-order valence-electron chi connectivity index (χ0n) is 35.7. The first-order chi connectivity index (χ1) is 30.6. The maximum absolute atomic E-state index is 14.5. The molecule has 0 atom stereocenters. The number of hydrogen-bond acceptors (Lipinski definition) is 14. The summed E-state index contributed by atoms with van der Waals surface area (Å²) in [5, 5.41) is 20.4. The number of sulfone groups is 1. The fraction of sp³-hybridized carbons (Fsp3) is 0.222. The summed E-state index contributed by atoms with van der Waals surface area (Å²) in [6.45, 7) is 8.34. The van der Waals surface area contributed by atoms with E-state index < -0.39 is 21.5 Å². The largest absolute Gasteiger partial charge is 0.350 e. The first-order valence-corrected chi connectivity index (χ1v) is 22.1.